The van der Waals surface area contributed by atoms with Crippen molar-refractivity contribution in [3.05, 3.63) is 16.7 Å². The molecule has 10 nitrogen and oxygen atoms in total. The molecule has 1 aromatic rings. The van der Waals surface area contributed by atoms with Crippen molar-refractivity contribution in [3.8, 4) is 5.75 Å². The number of aliphatic hydroxyl groups is 2. The normalized spacial score (nSPS) is 28.0. The van der Waals surface area contributed by atoms with Gasteiger partial charge in [-0.25, -0.2) is 4.79 Å². The first-order valence-corrected chi connectivity index (χ1v) is 9.65. The molecule has 0 aromatic carbocycles. The van der Waals surface area contributed by atoms with Crippen LogP contribution in [-0.4, -0.2) is 51.8 Å². The number of rotatable bonds is 5. The first kappa shape index (κ1) is 18.5. The van der Waals surface area contributed by atoms with Crippen molar-refractivity contribution < 1.29 is 28.8 Å². The van der Waals surface area contributed by atoms with Crippen molar-refractivity contribution in [3.63, 3.8) is 0 Å². The minimum Gasteiger partial charge on any atom is -0.491 e. The monoisotopic (exact) mass is 389 g/mol. The van der Waals surface area contributed by atoms with Crippen LogP contribution in [-0.2, 0) is 13.8 Å². The van der Waals surface area contributed by atoms with Crippen LogP contribution in [0.4, 0.5) is 5.82 Å². The van der Waals surface area contributed by atoms with Crippen LogP contribution in [0, 0.1) is 0 Å². The highest BCUT2D eigenvalue weighted by Crippen LogP contribution is 2.57. The third-order valence-corrected chi connectivity index (χ3v) is 4.20. The Morgan fingerprint density at radius 2 is 2.13 bits per heavy atom. The summed E-state index contributed by atoms with van der Waals surface area (Å²) in [5.74, 6) is -0.0486. The van der Waals surface area contributed by atoms with Crippen LogP contribution in [0.25, 0.3) is 0 Å². The van der Waals surface area contributed by atoms with E-state index in [-0.39, 0.29) is 11.6 Å². The molecule has 0 radical (unpaired) electrons. The van der Waals surface area contributed by atoms with Crippen molar-refractivity contribution in [2.24, 2.45) is 0 Å². The minimum atomic E-state index is -3.83. The van der Waals surface area contributed by atoms with E-state index < -0.39 is 42.9 Å². The Kier molecular flexibility index (Phi) is 5.57. The largest absolute Gasteiger partial charge is 0.491 e. The molecule has 0 spiro atoms. The fraction of sp³-hybridized carbons (Fsp3) is 0.600. The predicted octanol–water partition coefficient (Wildman–Crippen LogP) is 0.0556. The second-order valence-corrected chi connectivity index (χ2v) is 8.92. The van der Waals surface area contributed by atoms with E-state index >= 15 is 0 Å². The Labute approximate surface area is 139 Å². The van der Waals surface area contributed by atoms with Crippen LogP contribution in [0.5, 0.6) is 5.75 Å². The number of nitrogen functional groups attached to an aromatic ring is 1. The third kappa shape index (κ3) is 4.16. The van der Waals surface area contributed by atoms with Gasteiger partial charge in [0.1, 0.15) is 18.3 Å². The van der Waals surface area contributed by atoms with Gasteiger partial charge >= 0.3 is 11.8 Å². The Bertz CT molecular complexity index is 681. The summed E-state index contributed by atoms with van der Waals surface area (Å²) in [4.78, 5) is 15.4. The Hall–Kier alpha value is -0.870. The molecule has 1 unspecified atom stereocenters. The van der Waals surface area contributed by atoms with Crippen molar-refractivity contribution in [1.82, 2.24) is 9.55 Å². The fourth-order valence-corrected chi connectivity index (χ4v) is 2.72. The van der Waals surface area contributed by atoms with Gasteiger partial charge in [0.05, 0.1) is 19.9 Å². The Morgan fingerprint density at radius 3 is 2.70 bits per heavy atom. The summed E-state index contributed by atoms with van der Waals surface area (Å²) in [6.45, 7) is -0.451. The second kappa shape index (κ2) is 6.94. The number of anilines is 1. The van der Waals surface area contributed by atoms with E-state index in [4.69, 9.17) is 37.7 Å². The molecule has 4 N–H and O–H groups in total. The number of nitrogens with zero attached hydrogens (tertiary/aromatic N) is 2. The predicted molar refractivity (Wildman–Crippen MR) is 80.6 cm³/mol. The van der Waals surface area contributed by atoms with Gasteiger partial charge in [-0.05, 0) is 22.5 Å². The summed E-state index contributed by atoms with van der Waals surface area (Å²) in [6.07, 6.45) is -7.96. The molecule has 1 aliphatic rings. The van der Waals surface area contributed by atoms with Crippen LogP contribution in [0.3, 0.4) is 0 Å². The van der Waals surface area contributed by atoms with E-state index in [1.54, 1.807) is 0 Å². The molecule has 1 fully saturated rings. The molecule has 2 rings (SSSR count). The van der Waals surface area contributed by atoms with Gasteiger partial charge in [-0.1, -0.05) is 0 Å². The highest BCUT2D eigenvalue weighted by atomic mass is 35.9. The van der Waals surface area contributed by atoms with Gasteiger partial charge in [-0.15, -0.1) is 0 Å². The Balaban J connectivity index is 2.24. The maximum absolute atomic E-state index is 11.9. The van der Waals surface area contributed by atoms with E-state index in [1.165, 1.54) is 13.3 Å². The fourth-order valence-electron chi connectivity index (χ4n) is 2.06. The third-order valence-electron chi connectivity index (χ3n) is 3.17. The summed E-state index contributed by atoms with van der Waals surface area (Å²) in [6, 6.07) is 0. The summed E-state index contributed by atoms with van der Waals surface area (Å²) < 4.78 is 26.9. The summed E-state index contributed by atoms with van der Waals surface area (Å²) >= 11 is 10.5. The molecule has 1 aromatic heterocycles. The number of methoxy groups -OCH3 is 1. The molecule has 0 amide bonds. The number of hydrogen-bond acceptors (Lipinski definition) is 9. The molecule has 1 saturated heterocycles. The minimum absolute atomic E-state index is 0.0839. The van der Waals surface area contributed by atoms with E-state index in [1.807, 2.05) is 0 Å². The van der Waals surface area contributed by atoms with E-state index in [2.05, 4.69) is 9.51 Å². The smallest absolute Gasteiger partial charge is 0.380 e. The average Bonchev–Trinajstić information content (AvgIpc) is 2.73. The zero-order valence-corrected chi connectivity index (χ0v) is 14.1. The molecule has 2 heterocycles. The van der Waals surface area contributed by atoms with Crippen LogP contribution >= 0.6 is 28.6 Å². The first-order valence-electron chi connectivity index (χ1n) is 6.22. The van der Waals surface area contributed by atoms with Gasteiger partial charge in [0, 0.05) is 0 Å². The summed E-state index contributed by atoms with van der Waals surface area (Å²) in [7, 11) is 1.32. The molecule has 0 saturated carbocycles. The van der Waals surface area contributed by atoms with Gasteiger partial charge in [0.25, 0.3) is 0 Å². The van der Waals surface area contributed by atoms with Crippen LogP contribution in [0.15, 0.2) is 11.0 Å². The molecule has 0 bridgehead atoms. The number of ether oxygens (including phenoxy) is 2. The number of aliphatic hydroxyl groups excluding tert-OH is 2. The number of nitrogens with two attached hydrogens (primary N) is 1. The zero-order valence-electron chi connectivity index (χ0n) is 11.7. The first-order chi connectivity index (χ1) is 10.6. The second-order valence-electron chi connectivity index (χ2n) is 4.64. The highest BCUT2D eigenvalue weighted by Gasteiger charge is 2.45. The summed E-state index contributed by atoms with van der Waals surface area (Å²) in [5.41, 5.74) is 4.68. The van der Waals surface area contributed by atoms with Crippen LogP contribution in [0.1, 0.15) is 6.23 Å². The zero-order chi connectivity index (χ0) is 17.4. The topological polar surface area (TPSA) is 146 Å². The highest BCUT2D eigenvalue weighted by molar-refractivity contribution is 8.05. The molecule has 1 aliphatic heterocycles. The molecular formula is C10H14Cl2N3O7P. The van der Waals surface area contributed by atoms with Gasteiger partial charge in [0.2, 0.25) is 0 Å². The Morgan fingerprint density at radius 1 is 1.48 bits per heavy atom. The van der Waals surface area contributed by atoms with Crippen LogP contribution in [0.2, 0.25) is 0 Å². The molecule has 4 atom stereocenters. The number of aromatic nitrogens is 2. The molecular weight excluding hydrogens is 376 g/mol. The van der Waals surface area contributed by atoms with Crippen molar-refractivity contribution in [1.29, 1.82) is 0 Å². The van der Waals surface area contributed by atoms with Gasteiger partial charge in [-0.2, -0.15) is 4.98 Å². The van der Waals surface area contributed by atoms with Crippen molar-refractivity contribution in [2.75, 3.05) is 19.5 Å². The lowest BCUT2D eigenvalue weighted by Crippen LogP contribution is -2.36. The molecule has 23 heavy (non-hydrogen) atoms. The lowest BCUT2D eigenvalue weighted by Gasteiger charge is -2.18. The maximum Gasteiger partial charge on any atom is 0.380 e. The van der Waals surface area contributed by atoms with Crippen molar-refractivity contribution in [2.45, 2.75) is 24.5 Å². The maximum atomic E-state index is 11.9. The van der Waals surface area contributed by atoms with Gasteiger partial charge in [-0.3, -0.25) is 9.13 Å². The van der Waals surface area contributed by atoms with Gasteiger partial charge in [0.15, 0.2) is 17.8 Å². The van der Waals surface area contributed by atoms with E-state index in [9.17, 15) is 19.6 Å². The number of hydrogen-bond donors (Lipinski definition) is 3. The average molecular weight is 390 g/mol. The molecule has 13 heteroatoms. The standard InChI is InChI=1S/C10H14Cl2N3O7P/c1-20-4-2-15(10(18)14-8(4)13)9-7(17)6(16)5(22-9)3-21-23(11,12)19/h2,5-7,9,16-17H,3H2,1H3,(H2,13,14,18)/t5-,6+,7?,9-/m1/s1. The van der Waals surface area contributed by atoms with Crippen molar-refractivity contribution >= 4 is 34.4 Å². The SMILES string of the molecule is COc1cn([C@@H]2O[C@H](COP(=O)(Cl)Cl)[C@H](O)C2O)c(=O)nc1N. The van der Waals surface area contributed by atoms with E-state index in [0.29, 0.717) is 0 Å². The number of halogens is 2. The lowest BCUT2D eigenvalue weighted by molar-refractivity contribution is -0.0508. The van der Waals surface area contributed by atoms with Gasteiger partial charge < -0.3 is 29.9 Å². The van der Waals surface area contributed by atoms with E-state index in [0.717, 1.165) is 4.57 Å². The molecule has 130 valence electrons. The quantitative estimate of drug-likeness (QED) is 0.594. The molecule has 0 aliphatic carbocycles. The lowest BCUT2D eigenvalue weighted by atomic mass is 10.1. The summed E-state index contributed by atoms with van der Waals surface area (Å²) in [5, 5.41) is 20.0. The van der Waals surface area contributed by atoms with Crippen LogP contribution < -0.4 is 16.2 Å².